The molecule has 2 aromatic heterocycles. The van der Waals surface area contributed by atoms with Gasteiger partial charge in [0.2, 0.25) is 0 Å². The molecule has 2 N–H and O–H groups in total. The first-order valence-corrected chi connectivity index (χ1v) is 9.29. The fourth-order valence-corrected chi connectivity index (χ4v) is 3.87. The van der Waals surface area contributed by atoms with Crippen LogP contribution in [0.2, 0.25) is 5.15 Å². The van der Waals surface area contributed by atoms with Crippen LogP contribution in [0, 0.1) is 17.2 Å². The molecular formula is C16H19ClN6OS. The molecule has 0 saturated heterocycles. The predicted molar refractivity (Wildman–Crippen MR) is 97.0 cm³/mol. The summed E-state index contributed by atoms with van der Waals surface area (Å²) in [5, 5.41) is 20.6. The van der Waals surface area contributed by atoms with Crippen molar-refractivity contribution in [3.63, 3.8) is 0 Å². The van der Waals surface area contributed by atoms with Crippen molar-refractivity contribution in [1.29, 1.82) is 5.26 Å². The van der Waals surface area contributed by atoms with E-state index in [9.17, 15) is 4.79 Å². The molecule has 1 aliphatic heterocycles. The molecule has 1 aliphatic rings. The van der Waals surface area contributed by atoms with Crippen LogP contribution in [0.3, 0.4) is 0 Å². The van der Waals surface area contributed by atoms with E-state index in [1.807, 2.05) is 18.5 Å². The molecule has 0 spiro atoms. The number of aromatic nitrogens is 3. The van der Waals surface area contributed by atoms with Crippen LogP contribution in [0.1, 0.15) is 41.9 Å². The fraction of sp³-hybridized carbons (Fsp3) is 0.500. The SMILES string of the molecule is CC(C)NC(=O)c1cnn2c1CC(CNc1snc(Cl)c1C#N)CC2. The second-order valence-electron chi connectivity index (χ2n) is 6.39. The molecule has 1 unspecified atom stereocenters. The number of fused-ring (bicyclic) bond motifs is 1. The number of nitrogens with zero attached hydrogens (tertiary/aromatic N) is 4. The maximum Gasteiger partial charge on any atom is 0.254 e. The van der Waals surface area contributed by atoms with E-state index >= 15 is 0 Å². The van der Waals surface area contributed by atoms with E-state index in [0.29, 0.717) is 28.6 Å². The molecule has 1 amide bonds. The topological polar surface area (TPSA) is 95.6 Å². The zero-order valence-electron chi connectivity index (χ0n) is 14.0. The third-order valence-corrected chi connectivity index (χ3v) is 5.34. The van der Waals surface area contributed by atoms with Gasteiger partial charge < -0.3 is 10.6 Å². The summed E-state index contributed by atoms with van der Waals surface area (Å²) in [4.78, 5) is 12.3. The van der Waals surface area contributed by atoms with Crippen molar-refractivity contribution < 1.29 is 4.79 Å². The molecule has 3 rings (SSSR count). The Morgan fingerprint density at radius 2 is 2.40 bits per heavy atom. The number of carbonyl (C=O) groups excluding carboxylic acids is 1. The summed E-state index contributed by atoms with van der Waals surface area (Å²) in [6.07, 6.45) is 3.38. The number of rotatable bonds is 5. The number of nitriles is 1. The summed E-state index contributed by atoms with van der Waals surface area (Å²) in [5.41, 5.74) is 2.01. The van der Waals surface area contributed by atoms with Crippen LogP contribution in [0.4, 0.5) is 5.00 Å². The monoisotopic (exact) mass is 378 g/mol. The first-order chi connectivity index (χ1) is 12.0. The Bertz CT molecular complexity index is 821. The Morgan fingerprint density at radius 3 is 3.12 bits per heavy atom. The number of aryl methyl sites for hydroxylation is 1. The molecule has 0 aliphatic carbocycles. The maximum absolute atomic E-state index is 12.3. The van der Waals surface area contributed by atoms with Crippen molar-refractivity contribution in [3.05, 3.63) is 28.2 Å². The minimum Gasteiger partial charge on any atom is -0.374 e. The minimum atomic E-state index is -0.0779. The minimum absolute atomic E-state index is 0.0779. The molecule has 9 heteroatoms. The second-order valence-corrected chi connectivity index (χ2v) is 7.52. The zero-order valence-corrected chi connectivity index (χ0v) is 15.6. The van der Waals surface area contributed by atoms with E-state index in [-0.39, 0.29) is 17.1 Å². The van der Waals surface area contributed by atoms with Crippen LogP contribution in [-0.2, 0) is 13.0 Å². The van der Waals surface area contributed by atoms with Crippen molar-refractivity contribution in [1.82, 2.24) is 19.5 Å². The van der Waals surface area contributed by atoms with Crippen LogP contribution in [0.25, 0.3) is 0 Å². The van der Waals surface area contributed by atoms with Gasteiger partial charge in [0.05, 0.1) is 17.5 Å². The lowest BCUT2D eigenvalue weighted by Gasteiger charge is -2.24. The summed E-state index contributed by atoms with van der Waals surface area (Å²) in [5.74, 6) is 0.271. The first kappa shape index (κ1) is 17.7. The van der Waals surface area contributed by atoms with Crippen molar-refractivity contribution in [2.24, 2.45) is 5.92 Å². The van der Waals surface area contributed by atoms with Gasteiger partial charge in [-0.1, -0.05) is 11.6 Å². The number of nitrogens with one attached hydrogen (secondary N) is 2. The normalized spacial score (nSPS) is 16.4. The van der Waals surface area contributed by atoms with Gasteiger partial charge in [-0.3, -0.25) is 9.48 Å². The Balaban J connectivity index is 1.67. The largest absolute Gasteiger partial charge is 0.374 e. The van der Waals surface area contributed by atoms with E-state index in [1.165, 1.54) is 11.5 Å². The molecule has 25 heavy (non-hydrogen) atoms. The van der Waals surface area contributed by atoms with E-state index in [4.69, 9.17) is 16.9 Å². The number of amides is 1. The lowest BCUT2D eigenvalue weighted by atomic mass is 9.94. The molecule has 0 radical (unpaired) electrons. The Labute approximate surface area is 155 Å². The van der Waals surface area contributed by atoms with Crippen LogP contribution < -0.4 is 10.6 Å². The van der Waals surface area contributed by atoms with E-state index in [0.717, 1.165) is 25.1 Å². The quantitative estimate of drug-likeness (QED) is 0.833. The Morgan fingerprint density at radius 1 is 1.60 bits per heavy atom. The highest BCUT2D eigenvalue weighted by Gasteiger charge is 2.26. The summed E-state index contributed by atoms with van der Waals surface area (Å²) in [7, 11) is 0. The third-order valence-electron chi connectivity index (χ3n) is 4.16. The lowest BCUT2D eigenvalue weighted by molar-refractivity contribution is 0.0941. The van der Waals surface area contributed by atoms with Gasteiger partial charge in [-0.2, -0.15) is 14.7 Å². The predicted octanol–water partition coefficient (Wildman–Crippen LogP) is 2.68. The molecule has 3 heterocycles. The second kappa shape index (κ2) is 7.42. The number of carbonyl (C=O) groups is 1. The molecule has 0 fully saturated rings. The molecule has 0 bridgehead atoms. The summed E-state index contributed by atoms with van der Waals surface area (Å²) in [6.45, 7) is 5.36. The Kier molecular flexibility index (Phi) is 5.25. The highest BCUT2D eigenvalue weighted by molar-refractivity contribution is 7.10. The highest BCUT2D eigenvalue weighted by Crippen LogP contribution is 2.29. The van der Waals surface area contributed by atoms with Gasteiger partial charge in [-0.05, 0) is 44.1 Å². The van der Waals surface area contributed by atoms with Gasteiger partial charge in [-0.25, -0.2) is 0 Å². The van der Waals surface area contributed by atoms with Crippen molar-refractivity contribution in [3.8, 4) is 6.07 Å². The average molecular weight is 379 g/mol. The Hall–Kier alpha value is -2.11. The molecule has 1 atom stereocenters. The summed E-state index contributed by atoms with van der Waals surface area (Å²) in [6, 6.07) is 2.16. The molecule has 7 nitrogen and oxygen atoms in total. The van der Waals surface area contributed by atoms with Gasteiger partial charge in [0, 0.05) is 19.1 Å². The van der Waals surface area contributed by atoms with E-state index in [1.54, 1.807) is 6.20 Å². The fourth-order valence-electron chi connectivity index (χ4n) is 2.93. The molecule has 2 aromatic rings. The van der Waals surface area contributed by atoms with Crippen LogP contribution in [-0.4, -0.2) is 32.6 Å². The number of hydrogen-bond acceptors (Lipinski definition) is 6. The van der Waals surface area contributed by atoms with Gasteiger partial charge >= 0.3 is 0 Å². The lowest BCUT2D eigenvalue weighted by Crippen LogP contribution is -2.32. The number of anilines is 1. The first-order valence-electron chi connectivity index (χ1n) is 8.14. The number of hydrogen-bond donors (Lipinski definition) is 2. The van der Waals surface area contributed by atoms with Gasteiger partial charge in [0.1, 0.15) is 16.6 Å². The van der Waals surface area contributed by atoms with E-state index in [2.05, 4.69) is 26.2 Å². The van der Waals surface area contributed by atoms with Gasteiger partial charge in [0.25, 0.3) is 5.91 Å². The highest BCUT2D eigenvalue weighted by atomic mass is 35.5. The molecular weight excluding hydrogens is 360 g/mol. The molecule has 132 valence electrons. The summed E-state index contributed by atoms with van der Waals surface area (Å²) < 4.78 is 5.91. The van der Waals surface area contributed by atoms with Crippen molar-refractivity contribution >= 4 is 34.0 Å². The average Bonchev–Trinajstić information content (AvgIpc) is 3.14. The molecule has 0 aromatic carbocycles. The third kappa shape index (κ3) is 3.78. The van der Waals surface area contributed by atoms with Crippen molar-refractivity contribution in [2.45, 2.75) is 39.3 Å². The van der Waals surface area contributed by atoms with Gasteiger partial charge in [-0.15, -0.1) is 0 Å². The standard InChI is InChI=1S/C16H19ClN6OS/c1-9(2)21-15(24)12-8-20-23-4-3-10(5-13(12)23)7-19-16-11(6-18)14(17)22-25-16/h8-10,19H,3-5,7H2,1-2H3,(H,21,24). The van der Waals surface area contributed by atoms with Crippen LogP contribution in [0.5, 0.6) is 0 Å². The maximum atomic E-state index is 12.3. The molecule has 0 saturated carbocycles. The smallest absolute Gasteiger partial charge is 0.254 e. The summed E-state index contributed by atoms with van der Waals surface area (Å²) >= 11 is 7.09. The van der Waals surface area contributed by atoms with Crippen molar-refractivity contribution in [2.75, 3.05) is 11.9 Å². The van der Waals surface area contributed by atoms with Crippen LogP contribution >= 0.6 is 23.1 Å². The zero-order chi connectivity index (χ0) is 18.0. The van der Waals surface area contributed by atoms with E-state index < -0.39 is 0 Å². The van der Waals surface area contributed by atoms with Crippen LogP contribution in [0.15, 0.2) is 6.20 Å². The number of halogens is 1. The van der Waals surface area contributed by atoms with Gasteiger partial charge in [0.15, 0.2) is 5.15 Å².